The molecule has 110 valence electrons. The SMILES string of the molecule is CN(C(=O)COC(C)(C)C)c1cccc(/C(N)=N/O)c1. The third-order valence-electron chi connectivity index (χ3n) is 2.64. The molecular formula is C14H21N3O3. The van der Waals surface area contributed by atoms with E-state index in [9.17, 15) is 4.79 Å². The number of carbonyl (C=O) groups is 1. The smallest absolute Gasteiger partial charge is 0.252 e. The van der Waals surface area contributed by atoms with Crippen molar-refractivity contribution in [2.24, 2.45) is 10.9 Å². The maximum atomic E-state index is 12.0. The Labute approximate surface area is 118 Å². The second kappa shape index (κ2) is 6.38. The van der Waals surface area contributed by atoms with E-state index in [0.29, 0.717) is 11.3 Å². The van der Waals surface area contributed by atoms with Crippen LogP contribution < -0.4 is 10.6 Å². The van der Waals surface area contributed by atoms with Crippen LogP contribution in [-0.4, -0.2) is 36.2 Å². The number of oxime groups is 1. The van der Waals surface area contributed by atoms with Gasteiger partial charge >= 0.3 is 0 Å². The molecule has 0 saturated carbocycles. The van der Waals surface area contributed by atoms with Crippen molar-refractivity contribution >= 4 is 17.4 Å². The lowest BCUT2D eigenvalue weighted by Crippen LogP contribution is -2.33. The number of anilines is 1. The highest BCUT2D eigenvalue weighted by atomic mass is 16.5. The van der Waals surface area contributed by atoms with E-state index in [1.807, 2.05) is 20.8 Å². The molecule has 0 aliphatic heterocycles. The summed E-state index contributed by atoms with van der Waals surface area (Å²) in [6.07, 6.45) is 0. The summed E-state index contributed by atoms with van der Waals surface area (Å²) in [5.41, 5.74) is 6.35. The summed E-state index contributed by atoms with van der Waals surface area (Å²) in [6, 6.07) is 6.87. The normalized spacial score (nSPS) is 12.3. The average molecular weight is 279 g/mol. The van der Waals surface area contributed by atoms with Crippen LogP contribution in [-0.2, 0) is 9.53 Å². The molecule has 20 heavy (non-hydrogen) atoms. The minimum absolute atomic E-state index is 0.00126. The average Bonchev–Trinajstić information content (AvgIpc) is 2.42. The molecule has 6 heteroatoms. The topological polar surface area (TPSA) is 88.2 Å². The van der Waals surface area contributed by atoms with Crippen LogP contribution in [0.3, 0.4) is 0 Å². The van der Waals surface area contributed by atoms with Gasteiger partial charge in [0, 0.05) is 18.3 Å². The number of nitrogens with two attached hydrogens (primary N) is 1. The van der Waals surface area contributed by atoms with Crippen LogP contribution in [0.1, 0.15) is 26.3 Å². The van der Waals surface area contributed by atoms with Gasteiger partial charge in [0.05, 0.1) is 5.60 Å². The number of likely N-dealkylation sites (N-methyl/N-ethyl adjacent to an activating group) is 1. The molecule has 0 fully saturated rings. The van der Waals surface area contributed by atoms with Crippen molar-refractivity contribution in [1.29, 1.82) is 0 Å². The summed E-state index contributed by atoms with van der Waals surface area (Å²) in [4.78, 5) is 13.5. The Morgan fingerprint density at radius 2 is 2.10 bits per heavy atom. The molecule has 0 saturated heterocycles. The number of rotatable bonds is 4. The summed E-state index contributed by atoms with van der Waals surface area (Å²) in [7, 11) is 1.65. The summed E-state index contributed by atoms with van der Waals surface area (Å²) in [6.45, 7) is 5.66. The Morgan fingerprint density at radius 3 is 2.65 bits per heavy atom. The first kappa shape index (κ1) is 16.0. The molecule has 0 aliphatic rings. The molecule has 0 heterocycles. The molecule has 3 N–H and O–H groups in total. The number of amidine groups is 1. The van der Waals surface area contributed by atoms with Crippen molar-refractivity contribution in [1.82, 2.24) is 0 Å². The predicted octanol–water partition coefficient (Wildman–Crippen LogP) is 1.56. The van der Waals surface area contributed by atoms with E-state index >= 15 is 0 Å². The first-order chi connectivity index (χ1) is 9.24. The largest absolute Gasteiger partial charge is 0.409 e. The number of benzene rings is 1. The van der Waals surface area contributed by atoms with Gasteiger partial charge in [-0.25, -0.2) is 0 Å². The van der Waals surface area contributed by atoms with Gasteiger partial charge in [-0.2, -0.15) is 0 Å². The number of hydrogen-bond donors (Lipinski definition) is 2. The Bertz CT molecular complexity index is 507. The number of hydrogen-bond acceptors (Lipinski definition) is 4. The fourth-order valence-corrected chi connectivity index (χ4v) is 1.45. The molecule has 1 rings (SSSR count). The van der Waals surface area contributed by atoms with Crippen molar-refractivity contribution in [2.75, 3.05) is 18.6 Å². The minimum atomic E-state index is -0.369. The zero-order valence-electron chi connectivity index (χ0n) is 12.3. The molecule has 1 amide bonds. The van der Waals surface area contributed by atoms with Crippen LogP contribution in [0.4, 0.5) is 5.69 Å². The van der Waals surface area contributed by atoms with Gasteiger partial charge in [0.2, 0.25) is 0 Å². The van der Waals surface area contributed by atoms with Crippen LogP contribution in [0.5, 0.6) is 0 Å². The van der Waals surface area contributed by atoms with E-state index in [2.05, 4.69) is 5.16 Å². The van der Waals surface area contributed by atoms with Crippen molar-refractivity contribution in [3.05, 3.63) is 29.8 Å². The van der Waals surface area contributed by atoms with Gasteiger partial charge in [-0.05, 0) is 32.9 Å². The van der Waals surface area contributed by atoms with Gasteiger partial charge in [0.15, 0.2) is 5.84 Å². The minimum Gasteiger partial charge on any atom is -0.409 e. The van der Waals surface area contributed by atoms with Crippen LogP contribution >= 0.6 is 0 Å². The monoisotopic (exact) mass is 279 g/mol. The maximum Gasteiger partial charge on any atom is 0.252 e. The maximum absolute atomic E-state index is 12.0. The Kier molecular flexibility index (Phi) is 5.10. The third-order valence-corrected chi connectivity index (χ3v) is 2.64. The number of ether oxygens (including phenoxy) is 1. The van der Waals surface area contributed by atoms with E-state index in [1.165, 1.54) is 4.90 Å². The van der Waals surface area contributed by atoms with Crippen LogP contribution in [0, 0.1) is 0 Å². The van der Waals surface area contributed by atoms with E-state index < -0.39 is 0 Å². The molecule has 0 unspecified atom stereocenters. The van der Waals surface area contributed by atoms with Gasteiger partial charge < -0.3 is 20.6 Å². The predicted molar refractivity (Wildman–Crippen MR) is 78.1 cm³/mol. The fourth-order valence-electron chi connectivity index (χ4n) is 1.45. The van der Waals surface area contributed by atoms with Crippen LogP contribution in [0.2, 0.25) is 0 Å². The number of nitrogens with zero attached hydrogens (tertiary/aromatic N) is 2. The number of amides is 1. The van der Waals surface area contributed by atoms with Crippen molar-refractivity contribution < 1.29 is 14.7 Å². The van der Waals surface area contributed by atoms with Gasteiger partial charge in [-0.1, -0.05) is 17.3 Å². The standard InChI is InChI=1S/C14H21N3O3/c1-14(2,3)20-9-12(18)17(4)11-7-5-6-10(8-11)13(15)16-19/h5-8,19H,9H2,1-4H3,(H2,15,16). The Hall–Kier alpha value is -2.08. The van der Waals surface area contributed by atoms with E-state index in [0.717, 1.165) is 0 Å². The van der Waals surface area contributed by atoms with Crippen molar-refractivity contribution in [3.8, 4) is 0 Å². The van der Waals surface area contributed by atoms with Gasteiger partial charge in [0.25, 0.3) is 5.91 Å². The number of carbonyl (C=O) groups excluding carboxylic acids is 1. The molecule has 0 spiro atoms. The lowest BCUT2D eigenvalue weighted by molar-refractivity contribution is -0.127. The zero-order chi connectivity index (χ0) is 15.3. The highest BCUT2D eigenvalue weighted by Crippen LogP contribution is 2.16. The van der Waals surface area contributed by atoms with Gasteiger partial charge in [-0.3, -0.25) is 4.79 Å². The van der Waals surface area contributed by atoms with E-state index in [1.54, 1.807) is 31.3 Å². The van der Waals surface area contributed by atoms with Crippen LogP contribution in [0.15, 0.2) is 29.4 Å². The quantitative estimate of drug-likeness (QED) is 0.379. The van der Waals surface area contributed by atoms with E-state index in [-0.39, 0.29) is 24.0 Å². The molecule has 1 aromatic carbocycles. The summed E-state index contributed by atoms with van der Waals surface area (Å²) < 4.78 is 5.45. The lowest BCUT2D eigenvalue weighted by Gasteiger charge is -2.23. The summed E-state index contributed by atoms with van der Waals surface area (Å²) in [5.74, 6) is -0.171. The van der Waals surface area contributed by atoms with Crippen molar-refractivity contribution in [3.63, 3.8) is 0 Å². The van der Waals surface area contributed by atoms with Gasteiger partial charge in [0.1, 0.15) is 6.61 Å². The Balaban J connectivity index is 2.82. The summed E-state index contributed by atoms with van der Waals surface area (Å²) in [5, 5.41) is 11.6. The molecule has 1 aromatic rings. The molecule has 0 aromatic heterocycles. The van der Waals surface area contributed by atoms with Gasteiger partial charge in [-0.15, -0.1) is 0 Å². The Morgan fingerprint density at radius 1 is 1.45 bits per heavy atom. The second-order valence-electron chi connectivity index (χ2n) is 5.39. The fraction of sp³-hybridized carbons (Fsp3) is 0.429. The molecule has 0 bridgehead atoms. The highest BCUT2D eigenvalue weighted by Gasteiger charge is 2.17. The molecule has 0 atom stereocenters. The second-order valence-corrected chi connectivity index (χ2v) is 5.39. The molecular weight excluding hydrogens is 258 g/mol. The molecule has 6 nitrogen and oxygen atoms in total. The summed E-state index contributed by atoms with van der Waals surface area (Å²) >= 11 is 0. The molecule has 0 radical (unpaired) electrons. The zero-order valence-corrected chi connectivity index (χ0v) is 12.3. The first-order valence-corrected chi connectivity index (χ1v) is 6.23. The third kappa shape index (κ3) is 4.55. The lowest BCUT2D eigenvalue weighted by atomic mass is 10.1. The van der Waals surface area contributed by atoms with E-state index in [4.69, 9.17) is 15.7 Å². The highest BCUT2D eigenvalue weighted by molar-refractivity contribution is 5.99. The van der Waals surface area contributed by atoms with Crippen LogP contribution in [0.25, 0.3) is 0 Å². The first-order valence-electron chi connectivity index (χ1n) is 6.23. The molecule has 0 aliphatic carbocycles. The van der Waals surface area contributed by atoms with Crippen molar-refractivity contribution in [2.45, 2.75) is 26.4 Å².